The number of benzene rings is 2. The highest BCUT2D eigenvalue weighted by molar-refractivity contribution is 6.01. The summed E-state index contributed by atoms with van der Waals surface area (Å²) in [6.45, 7) is 2.43. The second-order valence-corrected chi connectivity index (χ2v) is 5.90. The molecule has 124 valence electrons. The van der Waals surface area contributed by atoms with Crippen LogP contribution in [0.3, 0.4) is 0 Å². The number of hydrogen-bond acceptors (Lipinski definition) is 3. The lowest BCUT2D eigenvalue weighted by Gasteiger charge is -2.34. The van der Waals surface area contributed by atoms with Crippen LogP contribution < -0.4 is 9.64 Å². The van der Waals surface area contributed by atoms with Gasteiger partial charge in [-0.15, -0.1) is 0 Å². The zero-order valence-corrected chi connectivity index (χ0v) is 13.4. The van der Waals surface area contributed by atoms with Gasteiger partial charge in [0.15, 0.2) is 6.10 Å². The first-order valence-electron chi connectivity index (χ1n) is 7.89. The molecule has 1 amide bonds. The van der Waals surface area contributed by atoms with Crippen molar-refractivity contribution in [1.29, 1.82) is 0 Å². The number of amides is 1. The molecule has 2 aromatic rings. The fourth-order valence-corrected chi connectivity index (χ4v) is 2.84. The molecule has 0 radical (unpaired) electrons. The molecule has 1 unspecified atom stereocenters. The molecule has 5 heteroatoms. The summed E-state index contributed by atoms with van der Waals surface area (Å²) in [6.07, 6.45) is -0.623. The number of ether oxygens (including phenoxy) is 1. The normalized spacial score (nSPS) is 16.5. The summed E-state index contributed by atoms with van der Waals surface area (Å²) in [5.41, 5.74) is 2.85. The third-order valence-electron chi connectivity index (χ3n) is 4.04. The van der Waals surface area contributed by atoms with Crippen LogP contribution in [0.2, 0.25) is 0 Å². The lowest BCUT2D eigenvalue weighted by molar-refractivity contribution is -0.142. The number of carbonyl (C=O) groups is 2. The third-order valence-corrected chi connectivity index (χ3v) is 4.04. The predicted octanol–water partition coefficient (Wildman–Crippen LogP) is 2.81. The van der Waals surface area contributed by atoms with Gasteiger partial charge in [0, 0.05) is 6.54 Å². The van der Waals surface area contributed by atoms with Crippen LogP contribution in [0.4, 0.5) is 5.69 Å². The first-order valence-corrected chi connectivity index (χ1v) is 7.89. The van der Waals surface area contributed by atoms with E-state index in [1.807, 2.05) is 49.4 Å². The minimum Gasteiger partial charge on any atom is -0.481 e. The molecule has 0 fully saturated rings. The minimum absolute atomic E-state index is 0.300. The summed E-state index contributed by atoms with van der Waals surface area (Å²) < 4.78 is 5.62. The molecule has 3 rings (SSSR count). The van der Waals surface area contributed by atoms with Gasteiger partial charge >= 0.3 is 5.97 Å². The second-order valence-electron chi connectivity index (χ2n) is 5.90. The Hall–Kier alpha value is -2.82. The first-order chi connectivity index (χ1) is 11.5. The number of carboxylic acids is 1. The standard InChI is InChI=1S/C19H19NO4/c1-13-7-8-16-15(11-13)20(10-9-14-5-3-2-4-6-14)19(23)17(24-16)12-18(21)22/h2-8,11,17H,9-10,12H2,1H3,(H,21,22). The van der Waals surface area contributed by atoms with Crippen LogP contribution in [0, 0.1) is 6.92 Å². The van der Waals surface area contributed by atoms with Gasteiger partial charge in [-0.05, 0) is 36.6 Å². The van der Waals surface area contributed by atoms with Gasteiger partial charge in [-0.25, -0.2) is 0 Å². The van der Waals surface area contributed by atoms with E-state index in [-0.39, 0.29) is 12.3 Å². The van der Waals surface area contributed by atoms with Crippen molar-refractivity contribution in [1.82, 2.24) is 0 Å². The van der Waals surface area contributed by atoms with Crippen molar-refractivity contribution >= 4 is 17.6 Å². The summed E-state index contributed by atoms with van der Waals surface area (Å²) in [6, 6.07) is 15.5. The summed E-state index contributed by atoms with van der Waals surface area (Å²) in [4.78, 5) is 25.4. The maximum absolute atomic E-state index is 12.7. The maximum atomic E-state index is 12.7. The van der Waals surface area contributed by atoms with Crippen LogP contribution in [0.1, 0.15) is 17.5 Å². The van der Waals surface area contributed by atoms with Gasteiger partial charge in [-0.1, -0.05) is 36.4 Å². The Bertz CT molecular complexity index is 757. The quantitative estimate of drug-likeness (QED) is 0.918. The lowest BCUT2D eigenvalue weighted by atomic mass is 10.1. The highest BCUT2D eigenvalue weighted by Gasteiger charge is 2.35. The average molecular weight is 325 g/mol. The topological polar surface area (TPSA) is 66.8 Å². The smallest absolute Gasteiger partial charge is 0.307 e. The Morgan fingerprint density at radius 1 is 1.21 bits per heavy atom. The molecule has 0 saturated carbocycles. The largest absolute Gasteiger partial charge is 0.481 e. The summed E-state index contributed by atoms with van der Waals surface area (Å²) in [5.74, 6) is -0.794. The van der Waals surface area contributed by atoms with E-state index in [0.29, 0.717) is 24.4 Å². The Kier molecular flexibility index (Phi) is 4.51. The lowest BCUT2D eigenvalue weighted by Crippen LogP contribution is -2.47. The molecule has 1 atom stereocenters. The van der Waals surface area contributed by atoms with Crippen LogP contribution in [0.5, 0.6) is 5.75 Å². The molecule has 2 aromatic carbocycles. The van der Waals surface area contributed by atoms with E-state index in [4.69, 9.17) is 9.84 Å². The third kappa shape index (κ3) is 3.40. The Balaban J connectivity index is 1.87. The highest BCUT2D eigenvalue weighted by Crippen LogP contribution is 2.35. The molecule has 1 N–H and O–H groups in total. The fraction of sp³-hybridized carbons (Fsp3) is 0.263. The monoisotopic (exact) mass is 325 g/mol. The number of rotatable bonds is 5. The van der Waals surface area contributed by atoms with Crippen molar-refractivity contribution in [3.63, 3.8) is 0 Å². The van der Waals surface area contributed by atoms with E-state index < -0.39 is 12.1 Å². The van der Waals surface area contributed by atoms with Gasteiger partial charge < -0.3 is 14.7 Å². The highest BCUT2D eigenvalue weighted by atomic mass is 16.5. The Labute approximate surface area is 140 Å². The zero-order chi connectivity index (χ0) is 17.1. The van der Waals surface area contributed by atoms with Crippen molar-refractivity contribution in [2.45, 2.75) is 25.9 Å². The molecule has 0 spiro atoms. The van der Waals surface area contributed by atoms with Crippen molar-refractivity contribution in [3.05, 3.63) is 59.7 Å². The Morgan fingerprint density at radius 2 is 1.96 bits per heavy atom. The molecule has 0 aromatic heterocycles. The van der Waals surface area contributed by atoms with Gasteiger partial charge in [0.1, 0.15) is 5.75 Å². The van der Waals surface area contributed by atoms with Gasteiger partial charge in [-0.2, -0.15) is 0 Å². The summed E-state index contributed by atoms with van der Waals surface area (Å²) in [5, 5.41) is 9.02. The molecule has 0 aliphatic carbocycles. The zero-order valence-electron chi connectivity index (χ0n) is 13.4. The van der Waals surface area contributed by atoms with Gasteiger partial charge in [-0.3, -0.25) is 9.59 Å². The van der Waals surface area contributed by atoms with Crippen molar-refractivity contribution < 1.29 is 19.4 Å². The van der Waals surface area contributed by atoms with Crippen LogP contribution in [0.15, 0.2) is 48.5 Å². The number of fused-ring (bicyclic) bond motifs is 1. The Morgan fingerprint density at radius 3 is 2.67 bits per heavy atom. The molecule has 0 saturated heterocycles. The number of carboxylic acid groups (broad SMARTS) is 1. The average Bonchev–Trinajstić information content (AvgIpc) is 2.56. The molecule has 0 bridgehead atoms. The predicted molar refractivity (Wildman–Crippen MR) is 90.3 cm³/mol. The number of aryl methyl sites for hydroxylation is 1. The summed E-state index contributed by atoms with van der Waals surface area (Å²) in [7, 11) is 0. The molecule has 1 aliphatic heterocycles. The van der Waals surface area contributed by atoms with Crippen LogP contribution in [-0.2, 0) is 16.0 Å². The molecule has 1 aliphatic rings. The first kappa shape index (κ1) is 16.1. The molecule has 1 heterocycles. The van der Waals surface area contributed by atoms with Gasteiger partial charge in [0.25, 0.3) is 5.91 Å². The second kappa shape index (κ2) is 6.74. The number of carbonyl (C=O) groups excluding carboxylic acids is 1. The summed E-state index contributed by atoms with van der Waals surface area (Å²) >= 11 is 0. The SMILES string of the molecule is Cc1ccc2c(c1)N(CCc1ccccc1)C(=O)C(CC(=O)O)O2. The van der Waals surface area contributed by atoms with E-state index in [9.17, 15) is 9.59 Å². The van der Waals surface area contributed by atoms with Crippen LogP contribution in [0.25, 0.3) is 0 Å². The molecular weight excluding hydrogens is 306 g/mol. The van der Waals surface area contributed by atoms with E-state index in [1.165, 1.54) is 0 Å². The van der Waals surface area contributed by atoms with E-state index >= 15 is 0 Å². The van der Waals surface area contributed by atoms with Crippen molar-refractivity contribution in [3.8, 4) is 5.75 Å². The maximum Gasteiger partial charge on any atom is 0.307 e. The van der Waals surface area contributed by atoms with Gasteiger partial charge in [0.2, 0.25) is 0 Å². The van der Waals surface area contributed by atoms with Gasteiger partial charge in [0.05, 0.1) is 12.1 Å². The van der Waals surface area contributed by atoms with Crippen LogP contribution >= 0.6 is 0 Å². The fourth-order valence-electron chi connectivity index (χ4n) is 2.84. The number of aliphatic carboxylic acids is 1. The van der Waals surface area contributed by atoms with Crippen LogP contribution in [-0.4, -0.2) is 29.6 Å². The molecular formula is C19H19NO4. The minimum atomic E-state index is -1.05. The van der Waals surface area contributed by atoms with E-state index in [1.54, 1.807) is 11.0 Å². The van der Waals surface area contributed by atoms with E-state index in [2.05, 4.69) is 0 Å². The molecule has 24 heavy (non-hydrogen) atoms. The van der Waals surface area contributed by atoms with E-state index in [0.717, 1.165) is 11.1 Å². The van der Waals surface area contributed by atoms with Crippen molar-refractivity contribution in [2.75, 3.05) is 11.4 Å². The number of nitrogens with zero attached hydrogens (tertiary/aromatic N) is 1. The van der Waals surface area contributed by atoms with Crippen molar-refractivity contribution in [2.24, 2.45) is 0 Å². The number of anilines is 1. The molecule has 5 nitrogen and oxygen atoms in total. The number of hydrogen-bond donors (Lipinski definition) is 1.